The summed E-state index contributed by atoms with van der Waals surface area (Å²) in [5, 5.41) is 10.5. The third kappa shape index (κ3) is 4.30. The predicted octanol–water partition coefficient (Wildman–Crippen LogP) is 5.70. The summed E-state index contributed by atoms with van der Waals surface area (Å²) in [6.07, 6.45) is -4.67. The highest BCUT2D eigenvalue weighted by molar-refractivity contribution is 6.06. The lowest BCUT2D eigenvalue weighted by molar-refractivity contribution is -0.141. The number of rotatable bonds is 4. The number of hydrogen-bond donors (Lipinski definition) is 2. The number of alkyl halides is 3. The summed E-state index contributed by atoms with van der Waals surface area (Å²) in [5.41, 5.74) is -0.301. The molecule has 4 rings (SSSR count). The van der Waals surface area contributed by atoms with Gasteiger partial charge in [0.25, 0.3) is 0 Å². The molecule has 31 heavy (non-hydrogen) atoms. The molecule has 4 aromatic rings. The van der Waals surface area contributed by atoms with E-state index in [0.717, 1.165) is 21.5 Å². The van der Waals surface area contributed by atoms with Crippen LogP contribution in [0.25, 0.3) is 16.5 Å². The molecule has 0 fully saturated rings. The summed E-state index contributed by atoms with van der Waals surface area (Å²) >= 11 is 0. The number of fused-ring (bicyclic) bond motifs is 1. The van der Waals surface area contributed by atoms with E-state index in [1.165, 1.54) is 13.2 Å². The van der Waals surface area contributed by atoms with Gasteiger partial charge < -0.3 is 10.1 Å². The summed E-state index contributed by atoms with van der Waals surface area (Å²) < 4.78 is 46.0. The van der Waals surface area contributed by atoms with Crippen molar-refractivity contribution >= 4 is 28.3 Å². The second-order valence-corrected chi connectivity index (χ2v) is 6.63. The minimum atomic E-state index is -4.67. The van der Waals surface area contributed by atoms with Crippen LogP contribution in [0.15, 0.2) is 72.8 Å². The minimum absolute atomic E-state index is 0.140. The van der Waals surface area contributed by atoms with Gasteiger partial charge in [-0.25, -0.2) is 9.48 Å². The van der Waals surface area contributed by atoms with Crippen molar-refractivity contribution in [1.29, 1.82) is 0 Å². The van der Waals surface area contributed by atoms with Gasteiger partial charge in [0, 0.05) is 17.5 Å². The number of halogens is 3. The van der Waals surface area contributed by atoms with Gasteiger partial charge >= 0.3 is 12.2 Å². The first-order valence-electron chi connectivity index (χ1n) is 9.22. The molecular formula is C22H17F3N4O2. The van der Waals surface area contributed by atoms with Gasteiger partial charge in [-0.2, -0.15) is 18.3 Å². The Labute approximate surface area is 175 Å². The Balaban J connectivity index is 1.66. The number of hydrogen-bond acceptors (Lipinski definition) is 3. The molecule has 6 nitrogen and oxygen atoms in total. The van der Waals surface area contributed by atoms with Crippen molar-refractivity contribution in [2.75, 3.05) is 17.7 Å². The third-order valence-corrected chi connectivity index (χ3v) is 4.58. The van der Waals surface area contributed by atoms with Crippen molar-refractivity contribution in [3.05, 3.63) is 78.5 Å². The highest BCUT2D eigenvalue weighted by Gasteiger charge is 2.35. The number of urea groups is 1. The SMILES string of the molecule is COc1cccc(-n2nc(C(F)(F)F)cc2NC(=O)Nc2cccc3ccccc23)c1. The van der Waals surface area contributed by atoms with Crippen molar-refractivity contribution in [3.63, 3.8) is 0 Å². The standard InChI is InChI=1S/C22H17F3N4O2/c1-31-16-9-5-8-15(12-16)29-20(13-19(28-29)22(23,24)25)27-21(30)26-18-11-4-7-14-6-2-3-10-17(14)18/h2-13H,1H3,(H2,26,27,30). The zero-order chi connectivity index (χ0) is 22.0. The lowest BCUT2D eigenvalue weighted by atomic mass is 10.1. The van der Waals surface area contributed by atoms with Crippen molar-refractivity contribution < 1.29 is 22.7 Å². The zero-order valence-electron chi connectivity index (χ0n) is 16.3. The topological polar surface area (TPSA) is 68.2 Å². The second kappa shape index (κ2) is 8.02. The van der Waals surface area contributed by atoms with Crippen LogP contribution in [-0.2, 0) is 6.18 Å². The first kappa shape index (κ1) is 20.3. The average Bonchev–Trinajstić information content (AvgIpc) is 3.18. The number of amides is 2. The maximum absolute atomic E-state index is 13.3. The molecule has 0 aliphatic rings. The number of carbonyl (C=O) groups excluding carboxylic acids is 1. The van der Waals surface area contributed by atoms with Crippen LogP contribution >= 0.6 is 0 Å². The molecule has 0 atom stereocenters. The fourth-order valence-electron chi connectivity index (χ4n) is 3.15. The maximum Gasteiger partial charge on any atom is 0.435 e. The van der Waals surface area contributed by atoms with E-state index in [-0.39, 0.29) is 5.82 Å². The normalized spacial score (nSPS) is 11.4. The molecule has 2 amide bonds. The van der Waals surface area contributed by atoms with Crippen LogP contribution in [0.2, 0.25) is 0 Å². The molecule has 158 valence electrons. The highest BCUT2D eigenvalue weighted by atomic mass is 19.4. The molecule has 0 saturated carbocycles. The molecule has 0 spiro atoms. The molecule has 0 radical (unpaired) electrons. The Morgan fingerprint density at radius 2 is 1.71 bits per heavy atom. The van der Waals surface area contributed by atoms with Crippen molar-refractivity contribution in [3.8, 4) is 11.4 Å². The van der Waals surface area contributed by atoms with E-state index < -0.39 is 17.9 Å². The average molecular weight is 426 g/mol. The van der Waals surface area contributed by atoms with Crippen LogP contribution < -0.4 is 15.4 Å². The van der Waals surface area contributed by atoms with Gasteiger partial charge in [-0.15, -0.1) is 0 Å². The summed E-state index contributed by atoms with van der Waals surface area (Å²) in [6.45, 7) is 0. The minimum Gasteiger partial charge on any atom is -0.497 e. The first-order valence-corrected chi connectivity index (χ1v) is 9.22. The van der Waals surface area contributed by atoms with Gasteiger partial charge in [-0.05, 0) is 23.6 Å². The van der Waals surface area contributed by atoms with Crippen molar-refractivity contribution in [2.45, 2.75) is 6.18 Å². The predicted molar refractivity (Wildman–Crippen MR) is 112 cm³/mol. The van der Waals surface area contributed by atoms with Gasteiger partial charge in [0.1, 0.15) is 11.6 Å². The number of anilines is 2. The third-order valence-electron chi connectivity index (χ3n) is 4.58. The zero-order valence-corrected chi connectivity index (χ0v) is 16.3. The first-order chi connectivity index (χ1) is 14.8. The Bertz CT molecular complexity index is 1250. The molecule has 1 heterocycles. The Hall–Kier alpha value is -4.01. The van der Waals surface area contributed by atoms with Gasteiger partial charge in [0.2, 0.25) is 0 Å². The largest absolute Gasteiger partial charge is 0.497 e. The summed E-state index contributed by atoms with van der Waals surface area (Å²) in [4.78, 5) is 12.6. The lowest BCUT2D eigenvalue weighted by Gasteiger charge is -2.12. The van der Waals surface area contributed by atoms with E-state index >= 15 is 0 Å². The number of aromatic nitrogens is 2. The van der Waals surface area contributed by atoms with Gasteiger partial charge in [-0.3, -0.25) is 5.32 Å². The fourth-order valence-corrected chi connectivity index (χ4v) is 3.15. The maximum atomic E-state index is 13.3. The van der Waals surface area contributed by atoms with Crippen LogP contribution in [0, 0.1) is 0 Å². The molecule has 1 aromatic heterocycles. The monoisotopic (exact) mass is 426 g/mol. The van der Waals surface area contributed by atoms with Crippen LogP contribution in [0.3, 0.4) is 0 Å². The Kier molecular flexibility index (Phi) is 5.24. The second-order valence-electron chi connectivity index (χ2n) is 6.63. The van der Waals surface area contributed by atoms with Crippen molar-refractivity contribution in [1.82, 2.24) is 9.78 Å². The molecule has 0 aliphatic carbocycles. The van der Waals surface area contributed by atoms with Gasteiger partial charge in [0.15, 0.2) is 5.69 Å². The molecule has 9 heteroatoms. The molecule has 0 unspecified atom stereocenters. The highest BCUT2D eigenvalue weighted by Crippen LogP contribution is 2.32. The van der Waals surface area contributed by atoms with Crippen LogP contribution in [0.5, 0.6) is 5.75 Å². The van der Waals surface area contributed by atoms with E-state index in [1.54, 1.807) is 30.3 Å². The number of ether oxygens (including phenoxy) is 1. The smallest absolute Gasteiger partial charge is 0.435 e. The number of nitrogens with one attached hydrogen (secondary N) is 2. The van der Waals surface area contributed by atoms with E-state index in [9.17, 15) is 18.0 Å². The number of benzene rings is 3. The lowest BCUT2D eigenvalue weighted by Crippen LogP contribution is -2.21. The summed E-state index contributed by atoms with van der Waals surface area (Å²) in [7, 11) is 1.44. The quantitative estimate of drug-likeness (QED) is 0.440. The fraction of sp³-hybridized carbons (Fsp3) is 0.0909. The number of nitrogens with zero attached hydrogens (tertiary/aromatic N) is 2. The van der Waals surface area contributed by atoms with Crippen LogP contribution in [-0.4, -0.2) is 22.9 Å². The molecule has 0 aliphatic heterocycles. The Morgan fingerprint density at radius 1 is 0.968 bits per heavy atom. The number of methoxy groups -OCH3 is 1. The van der Waals surface area contributed by atoms with E-state index in [2.05, 4.69) is 15.7 Å². The van der Waals surface area contributed by atoms with E-state index in [4.69, 9.17) is 4.74 Å². The summed E-state index contributed by atoms with van der Waals surface area (Å²) in [6, 6.07) is 19.2. The molecule has 0 bridgehead atoms. The molecule has 0 saturated heterocycles. The van der Waals surface area contributed by atoms with E-state index in [1.807, 2.05) is 30.3 Å². The summed E-state index contributed by atoms with van der Waals surface area (Å²) in [5.74, 6) is 0.297. The molecule has 3 aromatic carbocycles. The van der Waals surface area contributed by atoms with Crippen molar-refractivity contribution in [2.24, 2.45) is 0 Å². The molecule has 2 N–H and O–H groups in total. The van der Waals surface area contributed by atoms with E-state index in [0.29, 0.717) is 17.1 Å². The van der Waals surface area contributed by atoms with Crippen LogP contribution in [0.1, 0.15) is 5.69 Å². The Morgan fingerprint density at radius 3 is 2.48 bits per heavy atom. The van der Waals surface area contributed by atoms with Gasteiger partial charge in [0.05, 0.1) is 18.5 Å². The molecular weight excluding hydrogens is 409 g/mol. The van der Waals surface area contributed by atoms with Crippen LogP contribution in [0.4, 0.5) is 29.5 Å². The number of carbonyl (C=O) groups is 1. The van der Waals surface area contributed by atoms with Gasteiger partial charge in [-0.1, -0.05) is 42.5 Å².